The van der Waals surface area contributed by atoms with Crippen LogP contribution in [0.1, 0.15) is 24.3 Å². The summed E-state index contributed by atoms with van der Waals surface area (Å²) in [4.78, 5) is 18.6. The molecule has 124 valence electrons. The van der Waals surface area contributed by atoms with Crippen molar-refractivity contribution < 1.29 is 9.53 Å². The fraction of sp³-hybridized carbons (Fsp3) is 0.412. The average molecular weight is 316 g/mol. The number of amides is 1. The van der Waals surface area contributed by atoms with Crippen LogP contribution in [0.4, 0.5) is 0 Å². The average Bonchev–Trinajstić information content (AvgIpc) is 3.09. The maximum atomic E-state index is 12.1. The summed E-state index contributed by atoms with van der Waals surface area (Å²) in [5.74, 6) is 0.646. The molecule has 0 aliphatic heterocycles. The first-order chi connectivity index (χ1) is 11.2. The summed E-state index contributed by atoms with van der Waals surface area (Å²) in [5, 5.41) is 2.90. The molecule has 6 nitrogen and oxygen atoms in total. The second-order valence-electron chi connectivity index (χ2n) is 5.15. The largest absolute Gasteiger partial charge is 0.497 e. The molecule has 2 rings (SSSR count). The number of hydrogen-bond donors (Lipinski definition) is 1. The van der Waals surface area contributed by atoms with Gasteiger partial charge >= 0.3 is 0 Å². The summed E-state index contributed by atoms with van der Waals surface area (Å²) in [6.07, 6.45) is 3.37. The first-order valence-electron chi connectivity index (χ1n) is 7.86. The number of rotatable bonds is 8. The first-order valence-corrected chi connectivity index (χ1v) is 7.86. The SMILES string of the molecule is CCN(CC)CCNC(=O)c1cn(-c2ccc(OC)cc2)cn1. The van der Waals surface area contributed by atoms with Gasteiger partial charge in [-0.25, -0.2) is 4.98 Å². The minimum atomic E-state index is -0.149. The Hall–Kier alpha value is -2.34. The third-order valence-corrected chi connectivity index (χ3v) is 3.79. The van der Waals surface area contributed by atoms with Gasteiger partial charge < -0.3 is 19.5 Å². The Morgan fingerprint density at radius 3 is 2.57 bits per heavy atom. The zero-order valence-electron chi connectivity index (χ0n) is 14.0. The second-order valence-corrected chi connectivity index (χ2v) is 5.15. The van der Waals surface area contributed by atoms with Gasteiger partial charge in [0.05, 0.1) is 7.11 Å². The number of nitrogens with zero attached hydrogens (tertiary/aromatic N) is 3. The van der Waals surface area contributed by atoms with Crippen molar-refractivity contribution in [1.82, 2.24) is 19.8 Å². The van der Waals surface area contributed by atoms with Gasteiger partial charge in [-0.3, -0.25) is 4.79 Å². The van der Waals surface area contributed by atoms with E-state index in [-0.39, 0.29) is 5.91 Å². The molecule has 6 heteroatoms. The molecule has 0 aliphatic carbocycles. The summed E-state index contributed by atoms with van der Waals surface area (Å²) < 4.78 is 6.96. The van der Waals surface area contributed by atoms with Gasteiger partial charge in [0.25, 0.3) is 5.91 Å². The van der Waals surface area contributed by atoms with Crippen molar-refractivity contribution in [3.63, 3.8) is 0 Å². The molecule has 0 saturated heterocycles. The Morgan fingerprint density at radius 1 is 1.26 bits per heavy atom. The number of likely N-dealkylation sites (N-methyl/N-ethyl adjacent to an activating group) is 1. The highest BCUT2D eigenvalue weighted by atomic mass is 16.5. The van der Waals surface area contributed by atoms with Gasteiger partial charge in [0.15, 0.2) is 0 Å². The van der Waals surface area contributed by atoms with Crippen LogP contribution < -0.4 is 10.1 Å². The van der Waals surface area contributed by atoms with Crippen LogP contribution in [0.15, 0.2) is 36.8 Å². The molecule has 1 heterocycles. The van der Waals surface area contributed by atoms with Crippen molar-refractivity contribution in [2.24, 2.45) is 0 Å². The van der Waals surface area contributed by atoms with Crippen molar-refractivity contribution in [2.75, 3.05) is 33.3 Å². The lowest BCUT2D eigenvalue weighted by Crippen LogP contribution is -2.34. The Kier molecular flexibility index (Phi) is 6.17. The number of carbonyl (C=O) groups is 1. The highest BCUT2D eigenvalue weighted by Gasteiger charge is 2.10. The Morgan fingerprint density at radius 2 is 1.96 bits per heavy atom. The lowest BCUT2D eigenvalue weighted by atomic mass is 10.3. The maximum absolute atomic E-state index is 12.1. The van der Waals surface area contributed by atoms with E-state index in [0.717, 1.165) is 31.1 Å². The van der Waals surface area contributed by atoms with E-state index in [1.54, 1.807) is 19.6 Å². The molecule has 0 saturated carbocycles. The zero-order chi connectivity index (χ0) is 16.7. The van der Waals surface area contributed by atoms with E-state index in [0.29, 0.717) is 12.2 Å². The minimum absolute atomic E-state index is 0.149. The summed E-state index contributed by atoms with van der Waals surface area (Å²) in [6.45, 7) is 7.66. The van der Waals surface area contributed by atoms with Gasteiger partial charge in [-0.1, -0.05) is 13.8 Å². The normalized spacial score (nSPS) is 10.8. The third-order valence-electron chi connectivity index (χ3n) is 3.79. The third kappa shape index (κ3) is 4.56. The predicted molar refractivity (Wildman–Crippen MR) is 90.2 cm³/mol. The molecule has 2 aromatic rings. The fourth-order valence-electron chi connectivity index (χ4n) is 2.29. The minimum Gasteiger partial charge on any atom is -0.497 e. The molecule has 0 atom stereocenters. The Labute approximate surface area is 137 Å². The van der Waals surface area contributed by atoms with Gasteiger partial charge in [-0.2, -0.15) is 0 Å². The predicted octanol–water partition coefficient (Wildman–Crippen LogP) is 1.95. The van der Waals surface area contributed by atoms with Crippen LogP contribution in [0.2, 0.25) is 0 Å². The summed E-state index contributed by atoms with van der Waals surface area (Å²) in [6, 6.07) is 7.59. The van der Waals surface area contributed by atoms with E-state index in [1.165, 1.54) is 0 Å². The molecule has 1 amide bonds. The number of aromatic nitrogens is 2. The molecule has 0 aliphatic rings. The Bertz CT molecular complexity index is 618. The number of hydrogen-bond acceptors (Lipinski definition) is 4. The highest BCUT2D eigenvalue weighted by Crippen LogP contribution is 2.15. The van der Waals surface area contributed by atoms with E-state index >= 15 is 0 Å². The number of carbonyl (C=O) groups excluding carboxylic acids is 1. The number of ether oxygens (including phenoxy) is 1. The summed E-state index contributed by atoms with van der Waals surface area (Å²) in [7, 11) is 1.63. The molecular weight excluding hydrogens is 292 g/mol. The van der Waals surface area contributed by atoms with Crippen LogP contribution in [0.5, 0.6) is 5.75 Å². The molecule has 0 radical (unpaired) electrons. The van der Waals surface area contributed by atoms with E-state index in [9.17, 15) is 4.79 Å². The molecule has 0 spiro atoms. The lowest BCUT2D eigenvalue weighted by Gasteiger charge is -2.17. The molecule has 1 aromatic carbocycles. The van der Waals surface area contributed by atoms with Crippen molar-refractivity contribution in [3.05, 3.63) is 42.5 Å². The number of benzene rings is 1. The van der Waals surface area contributed by atoms with Crippen molar-refractivity contribution >= 4 is 5.91 Å². The number of methoxy groups -OCH3 is 1. The quantitative estimate of drug-likeness (QED) is 0.809. The summed E-state index contributed by atoms with van der Waals surface area (Å²) >= 11 is 0. The molecule has 1 aromatic heterocycles. The molecule has 23 heavy (non-hydrogen) atoms. The molecule has 1 N–H and O–H groups in total. The van der Waals surface area contributed by atoms with Crippen molar-refractivity contribution in [3.8, 4) is 11.4 Å². The van der Waals surface area contributed by atoms with Crippen LogP contribution in [0.25, 0.3) is 5.69 Å². The van der Waals surface area contributed by atoms with Crippen LogP contribution in [0.3, 0.4) is 0 Å². The van der Waals surface area contributed by atoms with E-state index in [2.05, 4.69) is 29.0 Å². The standard InChI is InChI=1S/C17H24N4O2/c1-4-20(5-2)11-10-18-17(22)16-12-21(13-19-16)14-6-8-15(23-3)9-7-14/h6-9,12-13H,4-5,10-11H2,1-3H3,(H,18,22). The van der Waals surface area contributed by atoms with Crippen LogP contribution in [-0.2, 0) is 0 Å². The maximum Gasteiger partial charge on any atom is 0.271 e. The van der Waals surface area contributed by atoms with E-state index in [1.807, 2.05) is 28.8 Å². The zero-order valence-corrected chi connectivity index (χ0v) is 14.0. The number of nitrogens with one attached hydrogen (secondary N) is 1. The van der Waals surface area contributed by atoms with Gasteiger partial charge in [0.2, 0.25) is 0 Å². The van der Waals surface area contributed by atoms with E-state index < -0.39 is 0 Å². The van der Waals surface area contributed by atoms with Gasteiger partial charge in [0, 0.05) is 25.0 Å². The molecule has 0 bridgehead atoms. The van der Waals surface area contributed by atoms with Crippen LogP contribution in [-0.4, -0.2) is 53.6 Å². The van der Waals surface area contributed by atoms with Crippen molar-refractivity contribution in [2.45, 2.75) is 13.8 Å². The van der Waals surface area contributed by atoms with Gasteiger partial charge in [0.1, 0.15) is 17.8 Å². The summed E-state index contributed by atoms with van der Waals surface area (Å²) in [5.41, 5.74) is 1.35. The molecule has 0 unspecified atom stereocenters. The van der Waals surface area contributed by atoms with Crippen molar-refractivity contribution in [1.29, 1.82) is 0 Å². The monoisotopic (exact) mass is 316 g/mol. The topological polar surface area (TPSA) is 59.4 Å². The van der Waals surface area contributed by atoms with Gasteiger partial charge in [-0.15, -0.1) is 0 Å². The molecular formula is C17H24N4O2. The first kappa shape index (κ1) is 17.0. The highest BCUT2D eigenvalue weighted by molar-refractivity contribution is 5.92. The fourth-order valence-corrected chi connectivity index (χ4v) is 2.29. The second kappa shape index (κ2) is 8.33. The van der Waals surface area contributed by atoms with Gasteiger partial charge in [-0.05, 0) is 37.4 Å². The smallest absolute Gasteiger partial charge is 0.271 e. The van der Waals surface area contributed by atoms with E-state index in [4.69, 9.17) is 4.74 Å². The lowest BCUT2D eigenvalue weighted by molar-refractivity contribution is 0.0944. The number of imidazole rings is 1. The van der Waals surface area contributed by atoms with Crippen LogP contribution in [0, 0.1) is 0 Å². The molecule has 0 fully saturated rings. The Balaban J connectivity index is 1.94. The van der Waals surface area contributed by atoms with Crippen LogP contribution >= 0.6 is 0 Å².